The molecule has 96 valence electrons. The lowest BCUT2D eigenvalue weighted by molar-refractivity contribution is 0.283. The van der Waals surface area contributed by atoms with E-state index in [1.165, 1.54) is 12.8 Å². The Labute approximate surface area is 107 Å². The molecule has 2 N–H and O–H groups in total. The second kappa shape index (κ2) is 4.61. The Morgan fingerprint density at radius 1 is 1.50 bits per heavy atom. The molecular weight excluding hydrogens is 226 g/mol. The highest BCUT2D eigenvalue weighted by atomic mass is 16.3. The first-order chi connectivity index (χ1) is 8.76. The molecule has 2 aromatic rings. The van der Waals surface area contributed by atoms with Gasteiger partial charge in [0.05, 0.1) is 12.2 Å². The molecule has 1 aromatic carbocycles. The maximum atomic E-state index is 5.89. The monoisotopic (exact) mass is 245 g/mol. The zero-order valence-corrected chi connectivity index (χ0v) is 10.7. The van der Waals surface area contributed by atoms with Crippen LogP contribution >= 0.6 is 0 Å². The van der Waals surface area contributed by atoms with Gasteiger partial charge < -0.3 is 10.2 Å². The van der Waals surface area contributed by atoms with Gasteiger partial charge in [0.15, 0.2) is 5.58 Å². The van der Waals surface area contributed by atoms with Gasteiger partial charge in [-0.3, -0.25) is 4.90 Å². The van der Waals surface area contributed by atoms with Crippen LogP contribution in [0.4, 0.5) is 5.69 Å². The molecule has 3 rings (SSSR count). The molecule has 18 heavy (non-hydrogen) atoms. The van der Waals surface area contributed by atoms with Crippen LogP contribution in [-0.2, 0) is 6.54 Å². The van der Waals surface area contributed by atoms with Crippen molar-refractivity contribution in [2.75, 3.05) is 18.8 Å². The standard InChI is InChI=1S/C14H19N3O/c1-2-10-6-7-17(8-10)9-13-16-14-11(15)4-3-5-12(14)18-13/h3-5,10H,2,6-9,15H2,1H3. The highest BCUT2D eigenvalue weighted by Crippen LogP contribution is 2.24. The molecule has 4 heteroatoms. The molecule has 1 fully saturated rings. The lowest BCUT2D eigenvalue weighted by Crippen LogP contribution is -2.20. The fourth-order valence-electron chi connectivity index (χ4n) is 2.66. The Morgan fingerprint density at radius 2 is 2.39 bits per heavy atom. The predicted octanol–water partition coefficient (Wildman–Crippen LogP) is 2.64. The summed E-state index contributed by atoms with van der Waals surface area (Å²) in [5.41, 5.74) is 8.15. The minimum atomic E-state index is 0.690. The van der Waals surface area contributed by atoms with Gasteiger partial charge >= 0.3 is 0 Å². The molecule has 1 unspecified atom stereocenters. The number of hydrogen-bond acceptors (Lipinski definition) is 4. The third kappa shape index (κ3) is 2.08. The van der Waals surface area contributed by atoms with Crippen LogP contribution in [0.25, 0.3) is 11.1 Å². The summed E-state index contributed by atoms with van der Waals surface area (Å²) >= 11 is 0. The third-order valence-electron chi connectivity index (χ3n) is 3.80. The summed E-state index contributed by atoms with van der Waals surface area (Å²) in [7, 11) is 0. The highest BCUT2D eigenvalue weighted by molar-refractivity contribution is 5.85. The summed E-state index contributed by atoms with van der Waals surface area (Å²) in [5.74, 6) is 1.61. The van der Waals surface area contributed by atoms with Crippen LogP contribution in [0.15, 0.2) is 22.6 Å². The van der Waals surface area contributed by atoms with Crippen molar-refractivity contribution >= 4 is 16.8 Å². The number of oxazole rings is 1. The number of para-hydroxylation sites is 1. The fourth-order valence-corrected chi connectivity index (χ4v) is 2.66. The quantitative estimate of drug-likeness (QED) is 0.845. The van der Waals surface area contributed by atoms with Crippen LogP contribution in [0, 0.1) is 5.92 Å². The van der Waals surface area contributed by atoms with Crippen molar-refractivity contribution in [1.82, 2.24) is 9.88 Å². The second-order valence-corrected chi connectivity index (χ2v) is 5.10. The second-order valence-electron chi connectivity index (χ2n) is 5.10. The van der Waals surface area contributed by atoms with Gasteiger partial charge in [0, 0.05) is 6.54 Å². The van der Waals surface area contributed by atoms with Crippen LogP contribution in [0.5, 0.6) is 0 Å². The van der Waals surface area contributed by atoms with Crippen molar-refractivity contribution in [3.05, 3.63) is 24.1 Å². The van der Waals surface area contributed by atoms with Crippen molar-refractivity contribution < 1.29 is 4.42 Å². The smallest absolute Gasteiger partial charge is 0.209 e. The molecule has 0 aliphatic carbocycles. The lowest BCUT2D eigenvalue weighted by Gasteiger charge is -2.12. The summed E-state index contributed by atoms with van der Waals surface area (Å²) in [6.45, 7) is 5.36. The van der Waals surface area contributed by atoms with Crippen LogP contribution in [-0.4, -0.2) is 23.0 Å². The van der Waals surface area contributed by atoms with Crippen molar-refractivity contribution in [2.45, 2.75) is 26.3 Å². The van der Waals surface area contributed by atoms with Gasteiger partial charge in [-0.2, -0.15) is 0 Å². The van der Waals surface area contributed by atoms with Gasteiger partial charge in [-0.15, -0.1) is 0 Å². The molecule has 2 heterocycles. The van der Waals surface area contributed by atoms with Gasteiger partial charge in [0.1, 0.15) is 5.52 Å². The minimum Gasteiger partial charge on any atom is -0.439 e. The van der Waals surface area contributed by atoms with E-state index >= 15 is 0 Å². The molecule has 0 amide bonds. The first-order valence-electron chi connectivity index (χ1n) is 6.62. The normalized spacial score (nSPS) is 20.8. The maximum Gasteiger partial charge on any atom is 0.209 e. The lowest BCUT2D eigenvalue weighted by atomic mass is 10.1. The summed E-state index contributed by atoms with van der Waals surface area (Å²) in [6.07, 6.45) is 2.55. The van der Waals surface area contributed by atoms with Gasteiger partial charge in [-0.1, -0.05) is 19.4 Å². The van der Waals surface area contributed by atoms with Crippen molar-refractivity contribution in [1.29, 1.82) is 0 Å². The average molecular weight is 245 g/mol. The molecular formula is C14H19N3O. The Morgan fingerprint density at radius 3 is 3.11 bits per heavy atom. The number of benzene rings is 1. The zero-order chi connectivity index (χ0) is 12.5. The van der Waals surface area contributed by atoms with E-state index in [0.717, 1.165) is 42.5 Å². The van der Waals surface area contributed by atoms with Crippen molar-refractivity contribution in [3.8, 4) is 0 Å². The largest absolute Gasteiger partial charge is 0.439 e. The maximum absolute atomic E-state index is 5.89. The minimum absolute atomic E-state index is 0.690. The molecule has 0 radical (unpaired) electrons. The zero-order valence-electron chi connectivity index (χ0n) is 10.7. The number of anilines is 1. The average Bonchev–Trinajstić information content (AvgIpc) is 2.96. The summed E-state index contributed by atoms with van der Waals surface area (Å²) in [5, 5.41) is 0. The van der Waals surface area contributed by atoms with Gasteiger partial charge in [-0.05, 0) is 31.0 Å². The van der Waals surface area contributed by atoms with Gasteiger partial charge in [0.2, 0.25) is 5.89 Å². The van der Waals surface area contributed by atoms with Crippen molar-refractivity contribution in [3.63, 3.8) is 0 Å². The van der Waals surface area contributed by atoms with E-state index in [0.29, 0.717) is 5.69 Å². The Bertz CT molecular complexity index is 549. The number of rotatable bonds is 3. The fraction of sp³-hybridized carbons (Fsp3) is 0.500. The molecule has 1 aliphatic heterocycles. The van der Waals surface area contributed by atoms with Crippen LogP contribution in [0.3, 0.4) is 0 Å². The number of hydrogen-bond donors (Lipinski definition) is 1. The number of aromatic nitrogens is 1. The molecule has 4 nitrogen and oxygen atoms in total. The molecule has 1 aromatic heterocycles. The van der Waals surface area contributed by atoms with Crippen LogP contribution in [0.1, 0.15) is 25.7 Å². The Kier molecular flexibility index (Phi) is 2.96. The van der Waals surface area contributed by atoms with Crippen molar-refractivity contribution in [2.24, 2.45) is 5.92 Å². The predicted molar refractivity (Wildman–Crippen MR) is 72.1 cm³/mol. The Balaban J connectivity index is 1.77. The summed E-state index contributed by atoms with van der Waals surface area (Å²) in [4.78, 5) is 6.91. The van der Waals surface area contributed by atoms with E-state index < -0.39 is 0 Å². The van der Waals surface area contributed by atoms with E-state index in [9.17, 15) is 0 Å². The first-order valence-corrected chi connectivity index (χ1v) is 6.62. The number of nitrogens with zero attached hydrogens (tertiary/aromatic N) is 2. The van der Waals surface area contributed by atoms with E-state index in [1.54, 1.807) is 0 Å². The van der Waals surface area contributed by atoms with Gasteiger partial charge in [0.25, 0.3) is 0 Å². The molecule has 0 saturated carbocycles. The molecule has 1 saturated heterocycles. The number of nitrogen functional groups attached to an aromatic ring is 1. The number of nitrogens with two attached hydrogens (primary N) is 1. The summed E-state index contributed by atoms with van der Waals surface area (Å²) < 4.78 is 5.75. The summed E-state index contributed by atoms with van der Waals surface area (Å²) in [6, 6.07) is 5.67. The molecule has 0 spiro atoms. The molecule has 1 aliphatic rings. The number of fused-ring (bicyclic) bond motifs is 1. The van der Waals surface area contributed by atoms with Crippen LogP contribution in [0.2, 0.25) is 0 Å². The molecule has 1 atom stereocenters. The van der Waals surface area contributed by atoms with Gasteiger partial charge in [-0.25, -0.2) is 4.98 Å². The molecule has 0 bridgehead atoms. The van der Waals surface area contributed by atoms with E-state index in [4.69, 9.17) is 10.2 Å². The highest BCUT2D eigenvalue weighted by Gasteiger charge is 2.22. The third-order valence-corrected chi connectivity index (χ3v) is 3.80. The van der Waals surface area contributed by atoms with E-state index in [2.05, 4.69) is 16.8 Å². The number of likely N-dealkylation sites (tertiary alicyclic amines) is 1. The first kappa shape index (κ1) is 11.5. The SMILES string of the molecule is CCC1CCN(Cc2nc3c(N)cccc3o2)C1. The van der Waals surface area contributed by atoms with Crippen LogP contribution < -0.4 is 5.73 Å². The topological polar surface area (TPSA) is 55.3 Å². The van der Waals surface area contributed by atoms with E-state index in [1.807, 2.05) is 18.2 Å². The van der Waals surface area contributed by atoms with E-state index in [-0.39, 0.29) is 0 Å². The Hall–Kier alpha value is -1.55.